The zero-order valence-corrected chi connectivity index (χ0v) is 13.3. The van der Waals surface area contributed by atoms with Crippen LogP contribution in [0.3, 0.4) is 0 Å². The smallest absolute Gasteiger partial charge is 0.0304 e. The zero-order chi connectivity index (χ0) is 14.6. The number of benzene rings is 1. The molecule has 112 valence electrons. The minimum Gasteiger partial charge on any atom is -0.271 e. The highest BCUT2D eigenvalue weighted by Gasteiger charge is 2.34. The number of nitrogens with one attached hydrogen (secondary N) is 1. The van der Waals surface area contributed by atoms with Gasteiger partial charge in [0.25, 0.3) is 0 Å². The minimum absolute atomic E-state index is 0.351. The van der Waals surface area contributed by atoms with Crippen molar-refractivity contribution >= 4 is 0 Å². The van der Waals surface area contributed by atoms with E-state index in [1.165, 1.54) is 43.2 Å². The molecule has 2 nitrogen and oxygen atoms in total. The van der Waals surface area contributed by atoms with Crippen molar-refractivity contribution < 1.29 is 0 Å². The van der Waals surface area contributed by atoms with Crippen molar-refractivity contribution in [2.75, 3.05) is 0 Å². The van der Waals surface area contributed by atoms with Crippen LogP contribution in [0, 0.1) is 5.41 Å². The summed E-state index contributed by atoms with van der Waals surface area (Å²) in [5, 5.41) is 0. The molecular formula is C18H30N2. The highest BCUT2D eigenvalue weighted by atomic mass is 15.2. The van der Waals surface area contributed by atoms with E-state index in [2.05, 4.69) is 50.5 Å². The van der Waals surface area contributed by atoms with Gasteiger partial charge in [-0.05, 0) is 41.7 Å². The summed E-state index contributed by atoms with van der Waals surface area (Å²) >= 11 is 0. The lowest BCUT2D eigenvalue weighted by atomic mass is 9.69. The highest BCUT2D eigenvalue weighted by Crippen LogP contribution is 2.39. The Balaban J connectivity index is 2.05. The van der Waals surface area contributed by atoms with Crippen LogP contribution in [-0.4, -0.2) is 6.04 Å². The van der Waals surface area contributed by atoms with E-state index in [4.69, 9.17) is 5.84 Å². The molecule has 0 radical (unpaired) electrons. The van der Waals surface area contributed by atoms with Crippen LogP contribution in [0.5, 0.6) is 0 Å². The molecule has 1 aliphatic carbocycles. The summed E-state index contributed by atoms with van der Waals surface area (Å²) in [6.45, 7) is 6.88. The predicted molar refractivity (Wildman–Crippen MR) is 86.5 cm³/mol. The first-order chi connectivity index (χ1) is 9.55. The molecule has 1 saturated carbocycles. The largest absolute Gasteiger partial charge is 0.271 e. The molecule has 1 atom stereocenters. The van der Waals surface area contributed by atoms with Crippen LogP contribution in [-0.2, 0) is 6.42 Å². The highest BCUT2D eigenvalue weighted by molar-refractivity contribution is 5.25. The van der Waals surface area contributed by atoms with Gasteiger partial charge in [0.1, 0.15) is 0 Å². The van der Waals surface area contributed by atoms with Gasteiger partial charge >= 0.3 is 0 Å². The van der Waals surface area contributed by atoms with Gasteiger partial charge in [-0.1, -0.05) is 64.3 Å². The van der Waals surface area contributed by atoms with E-state index < -0.39 is 0 Å². The first kappa shape index (κ1) is 15.5. The maximum Gasteiger partial charge on any atom is 0.0304 e. The molecular weight excluding hydrogens is 244 g/mol. The molecule has 0 aromatic heterocycles. The topological polar surface area (TPSA) is 38.0 Å². The van der Waals surface area contributed by atoms with Gasteiger partial charge in [0.2, 0.25) is 0 Å². The third-order valence-corrected chi connectivity index (χ3v) is 5.12. The summed E-state index contributed by atoms with van der Waals surface area (Å²) in [5.41, 5.74) is 6.25. The van der Waals surface area contributed by atoms with Crippen LogP contribution < -0.4 is 11.3 Å². The Morgan fingerprint density at radius 3 is 2.20 bits per heavy atom. The maximum atomic E-state index is 5.86. The lowest BCUT2D eigenvalue weighted by molar-refractivity contribution is 0.144. The van der Waals surface area contributed by atoms with E-state index in [0.29, 0.717) is 17.4 Å². The first-order valence-corrected chi connectivity index (χ1v) is 8.10. The number of hydrogen-bond donors (Lipinski definition) is 2. The number of hydrogen-bond acceptors (Lipinski definition) is 2. The molecule has 1 aromatic carbocycles. The third-order valence-electron chi connectivity index (χ3n) is 5.12. The average Bonchev–Trinajstić information content (AvgIpc) is 2.45. The van der Waals surface area contributed by atoms with Gasteiger partial charge in [-0.15, -0.1) is 0 Å². The van der Waals surface area contributed by atoms with Crippen molar-refractivity contribution in [1.29, 1.82) is 0 Å². The van der Waals surface area contributed by atoms with Gasteiger partial charge in [0, 0.05) is 6.04 Å². The van der Waals surface area contributed by atoms with Crippen molar-refractivity contribution in [3.05, 3.63) is 35.4 Å². The molecule has 0 spiro atoms. The van der Waals surface area contributed by atoms with Crippen LogP contribution in [0.1, 0.15) is 69.9 Å². The molecule has 0 bridgehead atoms. The molecule has 1 aromatic rings. The van der Waals surface area contributed by atoms with Crippen LogP contribution in [0.15, 0.2) is 24.3 Å². The third kappa shape index (κ3) is 3.62. The maximum absolute atomic E-state index is 5.86. The molecule has 20 heavy (non-hydrogen) atoms. The second-order valence-electron chi connectivity index (χ2n) is 7.03. The standard InChI is InChI=1S/C18H30N2/c1-14(2)16-9-7-15(8-10-16)13-17(20-19)18(3)11-5-4-6-12-18/h7-10,14,17,20H,4-6,11-13,19H2,1-3H3. The Hall–Kier alpha value is -0.860. The second-order valence-corrected chi connectivity index (χ2v) is 7.03. The summed E-state index contributed by atoms with van der Waals surface area (Å²) in [6, 6.07) is 9.44. The van der Waals surface area contributed by atoms with E-state index in [-0.39, 0.29) is 0 Å². The Labute approximate surface area is 124 Å². The number of hydrazine groups is 1. The fourth-order valence-electron chi connectivity index (χ4n) is 3.49. The normalized spacial score (nSPS) is 20.1. The monoisotopic (exact) mass is 274 g/mol. The van der Waals surface area contributed by atoms with Gasteiger partial charge < -0.3 is 0 Å². The van der Waals surface area contributed by atoms with Gasteiger partial charge in [-0.3, -0.25) is 11.3 Å². The molecule has 1 aliphatic rings. The number of rotatable bonds is 5. The SMILES string of the molecule is CC(C)c1ccc(CC(NN)C2(C)CCCCC2)cc1. The second kappa shape index (κ2) is 6.73. The van der Waals surface area contributed by atoms with E-state index in [0.717, 1.165) is 6.42 Å². The van der Waals surface area contributed by atoms with Crippen molar-refractivity contribution in [1.82, 2.24) is 5.43 Å². The molecule has 0 saturated heterocycles. The van der Waals surface area contributed by atoms with Gasteiger partial charge in [0.15, 0.2) is 0 Å². The van der Waals surface area contributed by atoms with Crippen molar-refractivity contribution in [3.63, 3.8) is 0 Å². The molecule has 0 heterocycles. The molecule has 0 aliphatic heterocycles. The molecule has 1 unspecified atom stereocenters. The van der Waals surface area contributed by atoms with Crippen molar-refractivity contribution in [3.8, 4) is 0 Å². The summed E-state index contributed by atoms with van der Waals surface area (Å²) < 4.78 is 0. The zero-order valence-electron chi connectivity index (χ0n) is 13.3. The van der Waals surface area contributed by atoms with E-state index in [1.54, 1.807) is 0 Å². The number of nitrogens with two attached hydrogens (primary N) is 1. The molecule has 2 heteroatoms. The molecule has 3 N–H and O–H groups in total. The van der Waals surface area contributed by atoms with E-state index in [9.17, 15) is 0 Å². The molecule has 2 rings (SSSR count). The van der Waals surface area contributed by atoms with Gasteiger partial charge in [-0.2, -0.15) is 0 Å². The van der Waals surface area contributed by atoms with E-state index >= 15 is 0 Å². The lowest BCUT2D eigenvalue weighted by Gasteiger charge is -2.40. The average molecular weight is 274 g/mol. The molecule has 0 amide bonds. The van der Waals surface area contributed by atoms with Crippen LogP contribution >= 0.6 is 0 Å². The van der Waals surface area contributed by atoms with Gasteiger partial charge in [-0.25, -0.2) is 0 Å². The lowest BCUT2D eigenvalue weighted by Crippen LogP contribution is -2.49. The Morgan fingerprint density at radius 1 is 1.10 bits per heavy atom. The fourth-order valence-corrected chi connectivity index (χ4v) is 3.49. The van der Waals surface area contributed by atoms with Gasteiger partial charge in [0.05, 0.1) is 0 Å². The Kier molecular flexibility index (Phi) is 5.22. The fraction of sp³-hybridized carbons (Fsp3) is 0.667. The summed E-state index contributed by atoms with van der Waals surface area (Å²) in [7, 11) is 0. The summed E-state index contributed by atoms with van der Waals surface area (Å²) in [6.07, 6.45) is 7.71. The van der Waals surface area contributed by atoms with Crippen LogP contribution in [0.4, 0.5) is 0 Å². The Bertz CT molecular complexity index is 402. The quantitative estimate of drug-likeness (QED) is 0.625. The van der Waals surface area contributed by atoms with Crippen molar-refractivity contribution in [2.45, 2.75) is 71.3 Å². The Morgan fingerprint density at radius 2 is 1.70 bits per heavy atom. The van der Waals surface area contributed by atoms with Crippen molar-refractivity contribution in [2.24, 2.45) is 11.3 Å². The predicted octanol–water partition coefficient (Wildman–Crippen LogP) is 4.15. The van der Waals surface area contributed by atoms with Crippen LogP contribution in [0.2, 0.25) is 0 Å². The minimum atomic E-state index is 0.351. The van der Waals surface area contributed by atoms with E-state index in [1.807, 2.05) is 0 Å². The first-order valence-electron chi connectivity index (χ1n) is 8.10. The van der Waals surface area contributed by atoms with Crippen LogP contribution in [0.25, 0.3) is 0 Å². The summed E-state index contributed by atoms with van der Waals surface area (Å²) in [4.78, 5) is 0. The molecule has 1 fully saturated rings. The summed E-state index contributed by atoms with van der Waals surface area (Å²) in [5.74, 6) is 6.47.